The summed E-state index contributed by atoms with van der Waals surface area (Å²) >= 11 is 1.46. The third-order valence-corrected chi connectivity index (χ3v) is 5.20. The third-order valence-electron chi connectivity index (χ3n) is 4.24. The average Bonchev–Trinajstić information content (AvgIpc) is 3.05. The van der Waals surface area contributed by atoms with Gasteiger partial charge < -0.3 is 10.2 Å². The number of pyridine rings is 1. The molecule has 25 heavy (non-hydrogen) atoms. The van der Waals surface area contributed by atoms with Gasteiger partial charge >= 0.3 is 6.03 Å². The monoisotopic (exact) mass is 359 g/mol. The van der Waals surface area contributed by atoms with Crippen LogP contribution in [0, 0.1) is 5.92 Å². The summed E-state index contributed by atoms with van der Waals surface area (Å²) in [7, 11) is 0. The Morgan fingerprint density at radius 3 is 2.72 bits per heavy atom. The molecule has 0 saturated carbocycles. The molecule has 134 valence electrons. The van der Waals surface area contributed by atoms with E-state index in [4.69, 9.17) is 0 Å². The van der Waals surface area contributed by atoms with Crippen LogP contribution in [0.4, 0.5) is 9.93 Å². The highest BCUT2D eigenvalue weighted by Crippen LogP contribution is 2.28. The normalized spacial score (nSPS) is 16.1. The Morgan fingerprint density at radius 1 is 1.32 bits per heavy atom. The summed E-state index contributed by atoms with van der Waals surface area (Å²) in [4.78, 5) is 24.0. The van der Waals surface area contributed by atoms with Gasteiger partial charge in [0.15, 0.2) is 5.13 Å². The maximum absolute atomic E-state index is 12.2. The van der Waals surface area contributed by atoms with Crippen LogP contribution in [0.25, 0.3) is 10.4 Å². The van der Waals surface area contributed by atoms with Crippen LogP contribution in [0.5, 0.6) is 0 Å². The number of hydrogen-bond acceptors (Lipinski definition) is 5. The first-order chi connectivity index (χ1) is 12.1. The lowest BCUT2D eigenvalue weighted by Gasteiger charge is -2.33. The molecule has 0 bridgehead atoms. The lowest BCUT2D eigenvalue weighted by molar-refractivity contribution is 0.180. The number of urea groups is 1. The minimum atomic E-state index is -0.169. The highest BCUT2D eigenvalue weighted by molar-refractivity contribution is 7.19. The number of anilines is 1. The molecule has 2 amide bonds. The fraction of sp³-hybridized carbons (Fsp3) is 0.500. The molecule has 0 aromatic carbocycles. The summed E-state index contributed by atoms with van der Waals surface area (Å²) in [5.41, 5.74) is 1.05. The molecule has 1 aliphatic rings. The predicted molar refractivity (Wildman–Crippen MR) is 102 cm³/mol. The van der Waals surface area contributed by atoms with Crippen molar-refractivity contribution < 1.29 is 4.79 Å². The first-order valence-corrected chi connectivity index (χ1v) is 9.58. The molecule has 7 heteroatoms. The van der Waals surface area contributed by atoms with Gasteiger partial charge in [0.05, 0.1) is 4.88 Å². The van der Waals surface area contributed by atoms with Crippen LogP contribution in [0.2, 0.25) is 0 Å². The Hall–Kier alpha value is -1.99. The molecule has 6 nitrogen and oxygen atoms in total. The van der Waals surface area contributed by atoms with E-state index < -0.39 is 0 Å². The number of likely N-dealkylation sites (tertiary alicyclic amines) is 1. The maximum atomic E-state index is 12.2. The number of amides is 2. The van der Waals surface area contributed by atoms with Crippen LogP contribution in [-0.2, 0) is 0 Å². The summed E-state index contributed by atoms with van der Waals surface area (Å²) in [5, 5.41) is 6.53. The molecule has 2 N–H and O–H groups in total. The van der Waals surface area contributed by atoms with Gasteiger partial charge in [0.1, 0.15) is 0 Å². The van der Waals surface area contributed by atoms with Crippen molar-refractivity contribution in [3.05, 3.63) is 30.7 Å². The smallest absolute Gasteiger partial charge is 0.321 e. The zero-order valence-corrected chi connectivity index (χ0v) is 15.6. The fourth-order valence-electron chi connectivity index (χ4n) is 3.08. The summed E-state index contributed by atoms with van der Waals surface area (Å²) in [6.07, 6.45) is 7.28. The van der Waals surface area contributed by atoms with Crippen molar-refractivity contribution in [1.82, 2.24) is 20.2 Å². The second-order valence-corrected chi connectivity index (χ2v) is 7.86. The Labute approximate surface area is 152 Å². The first kappa shape index (κ1) is 17.8. The number of aromatic nitrogens is 2. The Balaban J connectivity index is 1.47. The van der Waals surface area contributed by atoms with Crippen LogP contribution >= 0.6 is 11.3 Å². The van der Waals surface area contributed by atoms with E-state index in [0.29, 0.717) is 11.0 Å². The maximum Gasteiger partial charge on any atom is 0.321 e. The molecule has 0 spiro atoms. The minimum Gasteiger partial charge on any atom is -0.335 e. The van der Waals surface area contributed by atoms with Crippen LogP contribution < -0.4 is 10.6 Å². The van der Waals surface area contributed by atoms with Crippen molar-refractivity contribution in [2.75, 3.05) is 25.0 Å². The molecule has 1 saturated heterocycles. The minimum absolute atomic E-state index is 0.169. The van der Waals surface area contributed by atoms with E-state index in [1.807, 2.05) is 12.1 Å². The second kappa shape index (κ2) is 8.40. The Morgan fingerprint density at radius 2 is 2.04 bits per heavy atom. The van der Waals surface area contributed by atoms with Gasteiger partial charge in [-0.15, -0.1) is 0 Å². The number of thiazole rings is 1. The molecular formula is C18H25N5OS. The van der Waals surface area contributed by atoms with Crippen LogP contribution in [0.15, 0.2) is 30.7 Å². The van der Waals surface area contributed by atoms with E-state index >= 15 is 0 Å². The average molecular weight is 359 g/mol. The third kappa shape index (κ3) is 5.24. The summed E-state index contributed by atoms with van der Waals surface area (Å²) in [5.74, 6) is 0.687. The van der Waals surface area contributed by atoms with Gasteiger partial charge in [-0.05, 0) is 36.5 Å². The van der Waals surface area contributed by atoms with Gasteiger partial charge in [-0.3, -0.25) is 10.3 Å². The molecule has 0 unspecified atom stereocenters. The van der Waals surface area contributed by atoms with Crippen LogP contribution in [0.3, 0.4) is 0 Å². The van der Waals surface area contributed by atoms with Gasteiger partial charge in [-0.25, -0.2) is 9.78 Å². The Bertz CT molecular complexity index is 680. The van der Waals surface area contributed by atoms with Gasteiger partial charge in [0.2, 0.25) is 0 Å². The quantitative estimate of drug-likeness (QED) is 0.858. The molecule has 3 heterocycles. The standard InChI is InChI=1S/C18H25N5OS/c1-13(2)12-23-9-5-15(6-10-23)21-17(24)22-18-20-11-16(25-18)14-3-7-19-8-4-14/h3-4,7-8,11,13,15H,5-6,9-10,12H2,1-2H3,(H2,20,21,22,24). The number of carbonyl (C=O) groups is 1. The van der Waals surface area contributed by atoms with Crippen molar-refractivity contribution >= 4 is 22.5 Å². The molecule has 0 radical (unpaired) electrons. The molecule has 2 aromatic heterocycles. The van der Waals surface area contributed by atoms with Crippen molar-refractivity contribution in [1.29, 1.82) is 0 Å². The number of hydrogen-bond donors (Lipinski definition) is 2. The zero-order valence-electron chi connectivity index (χ0n) is 14.7. The van der Waals surface area contributed by atoms with E-state index in [2.05, 4.69) is 39.3 Å². The van der Waals surface area contributed by atoms with Crippen molar-refractivity contribution in [2.45, 2.75) is 32.7 Å². The molecule has 1 fully saturated rings. The van der Waals surface area contributed by atoms with E-state index in [-0.39, 0.29) is 12.1 Å². The molecule has 0 atom stereocenters. The number of nitrogens with zero attached hydrogens (tertiary/aromatic N) is 3. The Kier molecular flexibility index (Phi) is 5.99. The van der Waals surface area contributed by atoms with Crippen LogP contribution in [0.1, 0.15) is 26.7 Å². The summed E-state index contributed by atoms with van der Waals surface area (Å²) in [6, 6.07) is 3.94. The highest BCUT2D eigenvalue weighted by atomic mass is 32.1. The second-order valence-electron chi connectivity index (χ2n) is 6.83. The van der Waals surface area contributed by atoms with Crippen molar-refractivity contribution in [2.24, 2.45) is 5.92 Å². The first-order valence-electron chi connectivity index (χ1n) is 8.76. The van der Waals surface area contributed by atoms with Crippen molar-refractivity contribution in [3.8, 4) is 10.4 Å². The zero-order chi connectivity index (χ0) is 17.6. The fourth-order valence-corrected chi connectivity index (χ4v) is 3.89. The number of rotatable bonds is 5. The van der Waals surface area contributed by atoms with E-state index in [9.17, 15) is 4.79 Å². The topological polar surface area (TPSA) is 70.2 Å². The van der Waals surface area contributed by atoms with E-state index in [0.717, 1.165) is 42.9 Å². The van der Waals surface area contributed by atoms with Crippen molar-refractivity contribution in [3.63, 3.8) is 0 Å². The number of nitrogens with one attached hydrogen (secondary N) is 2. The molecule has 2 aromatic rings. The molecular weight excluding hydrogens is 334 g/mol. The molecule has 1 aliphatic heterocycles. The highest BCUT2D eigenvalue weighted by Gasteiger charge is 2.21. The summed E-state index contributed by atoms with van der Waals surface area (Å²) in [6.45, 7) is 7.72. The lowest BCUT2D eigenvalue weighted by atomic mass is 10.0. The summed E-state index contributed by atoms with van der Waals surface area (Å²) < 4.78 is 0. The van der Waals surface area contributed by atoms with Gasteiger partial charge in [0.25, 0.3) is 0 Å². The lowest BCUT2D eigenvalue weighted by Crippen LogP contribution is -2.46. The molecule has 0 aliphatic carbocycles. The number of carbonyl (C=O) groups excluding carboxylic acids is 1. The molecule has 3 rings (SSSR count). The SMILES string of the molecule is CC(C)CN1CCC(NC(=O)Nc2ncc(-c3ccncc3)s2)CC1. The van der Waals surface area contributed by atoms with E-state index in [1.165, 1.54) is 11.3 Å². The predicted octanol–water partition coefficient (Wildman–Crippen LogP) is 3.45. The van der Waals surface area contributed by atoms with Gasteiger partial charge in [0, 0.05) is 44.3 Å². The number of piperidine rings is 1. The van der Waals surface area contributed by atoms with Gasteiger partial charge in [-0.1, -0.05) is 25.2 Å². The van der Waals surface area contributed by atoms with Gasteiger partial charge in [-0.2, -0.15) is 0 Å². The largest absolute Gasteiger partial charge is 0.335 e. The van der Waals surface area contributed by atoms with E-state index in [1.54, 1.807) is 18.6 Å². The van der Waals surface area contributed by atoms with Crippen LogP contribution in [-0.4, -0.2) is 46.6 Å².